The Balaban J connectivity index is 1.99. The summed E-state index contributed by atoms with van der Waals surface area (Å²) in [6.45, 7) is -10.2. The number of H-pyrrole nitrogens is 1. The topological polar surface area (TPSA) is 62.4 Å². The van der Waals surface area contributed by atoms with Crippen molar-refractivity contribution < 1.29 is 26.9 Å². The number of benzene rings is 1. The van der Waals surface area contributed by atoms with Gasteiger partial charge in [0.05, 0.1) is 18.1 Å². The summed E-state index contributed by atoms with van der Waals surface area (Å²) < 4.78 is 108. The molecule has 0 unspecified atom stereocenters. The lowest BCUT2D eigenvalue weighted by molar-refractivity contribution is 0.240. The van der Waals surface area contributed by atoms with Gasteiger partial charge in [0.2, 0.25) is 0 Å². The van der Waals surface area contributed by atoms with E-state index < -0.39 is 41.6 Å². The second kappa shape index (κ2) is 7.15. The summed E-state index contributed by atoms with van der Waals surface area (Å²) in [5.74, 6) is 0.273. The van der Waals surface area contributed by atoms with E-state index in [-0.39, 0.29) is 40.7 Å². The number of likely N-dealkylation sites (N-methyl/N-ethyl adjacent to an activating group) is 1. The number of rotatable bonds is 6. The molecule has 1 aromatic heterocycles. The van der Waals surface area contributed by atoms with Gasteiger partial charge in [0.25, 0.3) is 0 Å². The quantitative estimate of drug-likeness (QED) is 0.860. The molecule has 1 aromatic carbocycles. The highest BCUT2D eigenvalue weighted by Gasteiger charge is 2.24. The normalized spacial score (nSPS) is 26.7. The van der Waals surface area contributed by atoms with Crippen molar-refractivity contribution in [2.24, 2.45) is 5.92 Å². The number of fused-ring (bicyclic) bond motifs is 1. The molecule has 2 heterocycles. The second-order valence-electron chi connectivity index (χ2n) is 5.86. The van der Waals surface area contributed by atoms with Crippen molar-refractivity contribution in [3.8, 4) is 5.75 Å². The van der Waals surface area contributed by atoms with Gasteiger partial charge in [0.15, 0.2) is 0 Å². The lowest BCUT2D eigenvalue weighted by Crippen LogP contribution is -2.26. The number of aryl methyl sites for hydroxylation is 1. The highest BCUT2D eigenvalue weighted by Crippen LogP contribution is 2.30. The first kappa shape index (κ1) is 8.72. The first-order valence-corrected chi connectivity index (χ1v) is 9.44. The van der Waals surface area contributed by atoms with E-state index in [2.05, 4.69) is 4.98 Å². The molecular formula is C18H26N2O3S. The maximum absolute atomic E-state index is 11.6. The Morgan fingerprint density at radius 3 is 2.92 bits per heavy atom. The van der Waals surface area contributed by atoms with Gasteiger partial charge in [0, 0.05) is 37.3 Å². The number of hydrogen-bond donors (Lipinski definition) is 1. The van der Waals surface area contributed by atoms with Crippen LogP contribution in [-0.2, 0) is 16.2 Å². The van der Waals surface area contributed by atoms with Crippen molar-refractivity contribution >= 4 is 20.7 Å². The molecule has 0 atom stereocenters. The SMILES string of the molecule is [2H]C([2H])([2H])N(C([2H])([2H])[2H])C([2H])([2H])C([2H])([2H])c1c[nH]c2cccc(OCC3CCS(=O)(=O)CC3)c12. The monoisotopic (exact) mass is 360 g/mol. The van der Waals surface area contributed by atoms with Gasteiger partial charge in [-0.05, 0) is 56.8 Å². The van der Waals surface area contributed by atoms with Crippen LogP contribution in [0, 0.1) is 5.92 Å². The molecule has 5 nitrogen and oxygen atoms in total. The lowest BCUT2D eigenvalue weighted by atomic mass is 10.0. The molecule has 0 aliphatic carbocycles. The fourth-order valence-corrected chi connectivity index (χ4v) is 4.39. The predicted molar refractivity (Wildman–Crippen MR) is 97.4 cm³/mol. The largest absolute Gasteiger partial charge is 0.493 e. The molecule has 24 heavy (non-hydrogen) atoms. The summed E-state index contributed by atoms with van der Waals surface area (Å²) in [7, 11) is -3.05. The molecule has 132 valence electrons. The molecule has 0 spiro atoms. The fraction of sp³-hybridized carbons (Fsp3) is 0.556. The van der Waals surface area contributed by atoms with Crippen LogP contribution in [0.15, 0.2) is 24.4 Å². The Labute approximate surface area is 158 Å². The number of sulfone groups is 1. The number of nitrogens with one attached hydrogen (secondary N) is 1. The van der Waals surface area contributed by atoms with Gasteiger partial charge in [-0.1, -0.05) is 6.07 Å². The van der Waals surface area contributed by atoms with Gasteiger partial charge in [-0.2, -0.15) is 0 Å². The van der Waals surface area contributed by atoms with Gasteiger partial charge >= 0.3 is 0 Å². The highest BCUT2D eigenvalue weighted by atomic mass is 32.2. The van der Waals surface area contributed by atoms with Gasteiger partial charge in [-0.3, -0.25) is 0 Å². The van der Waals surface area contributed by atoms with Crippen LogP contribution in [0.4, 0.5) is 0 Å². The summed E-state index contributed by atoms with van der Waals surface area (Å²) >= 11 is 0. The minimum atomic E-state index is -3.47. The van der Waals surface area contributed by atoms with Crippen LogP contribution in [0.3, 0.4) is 0 Å². The zero-order valence-electron chi connectivity index (χ0n) is 23.0. The van der Waals surface area contributed by atoms with Crippen molar-refractivity contribution in [3.63, 3.8) is 0 Å². The van der Waals surface area contributed by atoms with E-state index in [0.29, 0.717) is 18.4 Å². The van der Waals surface area contributed by atoms with Crippen LogP contribution in [0.5, 0.6) is 5.75 Å². The number of aromatic nitrogens is 1. The predicted octanol–water partition coefficient (Wildman–Crippen LogP) is 2.48. The Morgan fingerprint density at radius 1 is 1.38 bits per heavy atom. The van der Waals surface area contributed by atoms with Gasteiger partial charge in [0.1, 0.15) is 15.6 Å². The third kappa shape index (κ3) is 4.11. The zero-order valence-corrected chi connectivity index (χ0v) is 13.8. The Hall–Kier alpha value is -1.53. The summed E-state index contributed by atoms with van der Waals surface area (Å²) in [6, 6.07) is 4.76. The zero-order chi connectivity index (χ0) is 25.7. The average Bonchev–Trinajstić information content (AvgIpc) is 3.09. The van der Waals surface area contributed by atoms with Crippen molar-refractivity contribution in [1.82, 2.24) is 9.88 Å². The van der Waals surface area contributed by atoms with E-state index >= 15 is 0 Å². The van der Waals surface area contributed by atoms with Crippen LogP contribution in [0.1, 0.15) is 32.1 Å². The third-order valence-corrected chi connectivity index (χ3v) is 5.83. The molecule has 0 saturated carbocycles. The number of nitrogens with zero attached hydrogens (tertiary/aromatic N) is 1. The lowest BCUT2D eigenvalue weighted by Gasteiger charge is -2.22. The smallest absolute Gasteiger partial charge is 0.150 e. The fourth-order valence-electron chi connectivity index (χ4n) is 2.80. The van der Waals surface area contributed by atoms with Crippen molar-refractivity contribution in [3.05, 3.63) is 30.0 Å². The highest BCUT2D eigenvalue weighted by molar-refractivity contribution is 7.91. The Morgan fingerprint density at radius 2 is 2.17 bits per heavy atom. The minimum absolute atomic E-state index is 0.0361. The van der Waals surface area contributed by atoms with E-state index in [1.54, 1.807) is 12.1 Å². The Kier molecular flexibility index (Phi) is 2.60. The molecule has 1 fully saturated rings. The van der Waals surface area contributed by atoms with E-state index in [0.717, 1.165) is 0 Å². The van der Waals surface area contributed by atoms with Crippen LogP contribution in [0.2, 0.25) is 0 Å². The standard InChI is InChI=1S/C18H26N2O3S/c1-20(2)9-6-15-12-19-16-4-3-5-17(18(15)16)23-13-14-7-10-24(21,22)11-8-14/h3-5,12,14,19H,6-11,13H2,1-2H3/i1D3,2D3,6D2,9D2. The maximum Gasteiger partial charge on any atom is 0.150 e. The van der Waals surface area contributed by atoms with Crippen molar-refractivity contribution in [2.75, 3.05) is 38.6 Å². The van der Waals surface area contributed by atoms with Crippen molar-refractivity contribution in [2.45, 2.75) is 19.2 Å². The first-order chi connectivity index (χ1) is 15.4. The molecule has 1 aliphatic rings. The van der Waals surface area contributed by atoms with Gasteiger partial charge in [-0.25, -0.2) is 8.42 Å². The Bertz CT molecular complexity index is 1110. The molecule has 6 heteroatoms. The summed E-state index contributed by atoms with van der Waals surface area (Å²) in [5, 5.41) is 0.149. The molecule has 0 bridgehead atoms. The molecule has 1 aliphatic heterocycles. The summed E-state index contributed by atoms with van der Waals surface area (Å²) in [6.07, 6.45) is -1.08. The van der Waals surface area contributed by atoms with E-state index in [1.807, 2.05) is 0 Å². The van der Waals surface area contributed by atoms with Gasteiger partial charge < -0.3 is 14.6 Å². The van der Waals surface area contributed by atoms with E-state index in [4.69, 9.17) is 18.4 Å². The summed E-state index contributed by atoms with van der Waals surface area (Å²) in [5.41, 5.74) is 0.0838. The first-order valence-electron chi connectivity index (χ1n) is 12.6. The van der Waals surface area contributed by atoms with Gasteiger partial charge in [-0.15, -0.1) is 0 Å². The van der Waals surface area contributed by atoms with Crippen LogP contribution in [0.25, 0.3) is 10.9 Å². The second-order valence-corrected chi connectivity index (χ2v) is 8.16. The number of aromatic amines is 1. The molecular weight excluding hydrogens is 324 g/mol. The van der Waals surface area contributed by atoms with E-state index in [9.17, 15) is 8.42 Å². The average molecular weight is 361 g/mol. The molecule has 1 saturated heterocycles. The molecule has 2 aromatic rings. The molecule has 0 amide bonds. The van der Waals surface area contributed by atoms with Crippen molar-refractivity contribution in [1.29, 1.82) is 0 Å². The minimum Gasteiger partial charge on any atom is -0.493 e. The van der Waals surface area contributed by atoms with Crippen LogP contribution >= 0.6 is 0 Å². The molecule has 0 radical (unpaired) electrons. The third-order valence-electron chi connectivity index (χ3n) is 4.12. The maximum atomic E-state index is 11.6. The van der Waals surface area contributed by atoms with E-state index in [1.165, 1.54) is 12.3 Å². The number of ether oxygens (including phenoxy) is 1. The van der Waals surface area contributed by atoms with Crippen LogP contribution < -0.4 is 4.74 Å². The number of hydrogen-bond acceptors (Lipinski definition) is 4. The van der Waals surface area contributed by atoms with Crippen LogP contribution in [-0.4, -0.2) is 56.9 Å². The molecule has 1 N–H and O–H groups in total. The summed E-state index contributed by atoms with van der Waals surface area (Å²) in [4.78, 5) is 2.40. The molecule has 3 rings (SSSR count).